The van der Waals surface area contributed by atoms with Crippen molar-refractivity contribution in [3.63, 3.8) is 0 Å². The zero-order valence-corrected chi connectivity index (χ0v) is 26.1. The first-order chi connectivity index (χ1) is 19.2. The minimum atomic E-state index is -4.06. The number of nitrogens with one attached hydrogen (secondary N) is 1. The predicted molar refractivity (Wildman–Crippen MR) is 159 cm³/mol. The second-order valence-electron chi connectivity index (χ2n) is 9.53. The molecule has 16 heteroatoms. The summed E-state index contributed by atoms with van der Waals surface area (Å²) in [5.74, 6) is -0.641. The van der Waals surface area contributed by atoms with Crippen molar-refractivity contribution in [2.24, 2.45) is 4.99 Å². The lowest BCUT2D eigenvalue weighted by Gasteiger charge is -2.18. The monoisotopic (exact) mass is 683 g/mol. The normalized spacial score (nSPS) is 12.2. The van der Waals surface area contributed by atoms with Crippen LogP contribution in [0.25, 0.3) is 11.0 Å². The van der Waals surface area contributed by atoms with Crippen LogP contribution in [-0.2, 0) is 21.1 Å². The van der Waals surface area contributed by atoms with Crippen LogP contribution in [0.1, 0.15) is 26.3 Å². The van der Waals surface area contributed by atoms with E-state index in [0.717, 1.165) is 35.9 Å². The number of alkyl carbamates (subject to hydrolysis) is 1. The molecule has 216 valence electrons. The molecule has 0 aliphatic heterocycles. The molecule has 2 aromatic carbocycles. The minimum absolute atomic E-state index is 0.0291. The van der Waals surface area contributed by atoms with Gasteiger partial charge in [0.2, 0.25) is 9.84 Å². The van der Waals surface area contributed by atoms with Gasteiger partial charge in [-0.2, -0.15) is 0 Å². The number of non-ortho nitro benzene ring substituents is 1. The summed E-state index contributed by atoms with van der Waals surface area (Å²) in [4.78, 5) is 30.9. The molecule has 2 aromatic heterocycles. The third kappa shape index (κ3) is 6.94. The highest BCUT2D eigenvalue weighted by molar-refractivity contribution is 9.10. The van der Waals surface area contributed by atoms with Crippen LogP contribution in [0.4, 0.5) is 19.9 Å². The standard InChI is InChI=1S/C25H23BrFN5O6S3/c1-25(2,3)38-24(33)29-12-28-21-10-20(23(39-4)40-21)41(36,37)16-8-17(26)22-19(9-16)31(13-30-22)11-14-7-15(32(34)35)5-6-18(14)27/h5-10,12-13H,11H2,1-4H3,(H,28,29,33). The van der Waals surface area contributed by atoms with Gasteiger partial charge < -0.3 is 9.30 Å². The quantitative estimate of drug-likeness (QED) is 0.0710. The zero-order valence-electron chi connectivity index (χ0n) is 22.0. The van der Waals surface area contributed by atoms with Gasteiger partial charge in [0.05, 0.1) is 43.7 Å². The number of amides is 1. The first kappa shape index (κ1) is 30.6. The van der Waals surface area contributed by atoms with E-state index in [2.05, 4.69) is 31.2 Å². The van der Waals surface area contributed by atoms with Gasteiger partial charge in [0, 0.05) is 22.2 Å². The number of hydrogen-bond donors (Lipinski definition) is 1. The van der Waals surface area contributed by atoms with Crippen molar-refractivity contribution in [3.05, 3.63) is 68.7 Å². The Morgan fingerprint density at radius 1 is 1.32 bits per heavy atom. The van der Waals surface area contributed by atoms with Crippen LogP contribution in [0.3, 0.4) is 0 Å². The Bertz CT molecular complexity index is 1800. The predicted octanol–water partition coefficient (Wildman–Crippen LogP) is 6.70. The number of nitro benzene ring substituents is 1. The second-order valence-corrected chi connectivity index (χ2v) is 14.4. The van der Waals surface area contributed by atoms with Crippen molar-refractivity contribution in [3.8, 4) is 0 Å². The molecule has 0 saturated heterocycles. The Kier molecular flexibility index (Phi) is 8.87. The van der Waals surface area contributed by atoms with Gasteiger partial charge in [-0.1, -0.05) is 0 Å². The SMILES string of the molecule is CSc1sc(/N=C/NC(=O)OC(C)(C)C)cc1S(=O)(=O)c1cc(Br)c2ncn(Cc3cc([N+](=O)[O-])ccc3F)c2c1. The summed E-state index contributed by atoms with van der Waals surface area (Å²) in [6, 6.07) is 7.48. The molecule has 0 bridgehead atoms. The molecule has 0 saturated carbocycles. The van der Waals surface area contributed by atoms with Crippen molar-refractivity contribution in [1.29, 1.82) is 0 Å². The number of carbonyl (C=O) groups excluding carboxylic acids is 1. The van der Waals surface area contributed by atoms with E-state index in [9.17, 15) is 27.7 Å². The van der Waals surface area contributed by atoms with E-state index in [1.54, 1.807) is 27.0 Å². The van der Waals surface area contributed by atoms with Crippen molar-refractivity contribution in [2.45, 2.75) is 46.9 Å². The molecule has 0 atom stereocenters. The number of rotatable bonds is 8. The molecule has 4 aromatic rings. The van der Waals surface area contributed by atoms with E-state index in [4.69, 9.17) is 4.74 Å². The molecule has 2 heterocycles. The molecule has 0 spiro atoms. The Hall–Kier alpha value is -3.34. The fourth-order valence-corrected chi connectivity index (χ4v) is 8.25. The lowest BCUT2D eigenvalue weighted by atomic mass is 10.2. The third-order valence-electron chi connectivity index (χ3n) is 5.44. The van der Waals surface area contributed by atoms with E-state index in [1.807, 2.05) is 0 Å². The van der Waals surface area contributed by atoms with Crippen LogP contribution in [0, 0.1) is 15.9 Å². The van der Waals surface area contributed by atoms with Gasteiger partial charge in [-0.05, 0) is 67.2 Å². The second kappa shape index (κ2) is 11.9. The summed E-state index contributed by atoms with van der Waals surface area (Å²) in [7, 11) is -4.06. The van der Waals surface area contributed by atoms with E-state index in [1.165, 1.54) is 40.9 Å². The molecule has 0 unspecified atom stereocenters. The lowest BCUT2D eigenvalue weighted by Crippen LogP contribution is -2.31. The molecule has 1 N–H and O–H groups in total. The number of aromatic nitrogens is 2. The van der Waals surface area contributed by atoms with Crippen molar-refractivity contribution in [1.82, 2.24) is 14.9 Å². The van der Waals surface area contributed by atoms with Gasteiger partial charge in [-0.3, -0.25) is 15.4 Å². The number of imidazole rings is 1. The maximum atomic E-state index is 14.5. The number of aliphatic imine (C=N–C) groups is 1. The number of hydrogen-bond acceptors (Lipinski definition) is 10. The Labute approximate surface area is 251 Å². The van der Waals surface area contributed by atoms with E-state index in [0.29, 0.717) is 24.7 Å². The number of nitrogens with zero attached hydrogens (tertiary/aromatic N) is 4. The van der Waals surface area contributed by atoms with Crippen molar-refractivity contribution >= 4 is 83.0 Å². The number of sulfone groups is 1. The number of thioether (sulfide) groups is 1. The largest absolute Gasteiger partial charge is 0.444 e. The van der Waals surface area contributed by atoms with E-state index < -0.39 is 32.3 Å². The van der Waals surface area contributed by atoms with Crippen LogP contribution in [-0.4, -0.2) is 47.2 Å². The van der Waals surface area contributed by atoms with Crippen LogP contribution in [0.2, 0.25) is 0 Å². The molecule has 0 fully saturated rings. The van der Waals surface area contributed by atoms with Crippen LogP contribution in [0.5, 0.6) is 0 Å². The first-order valence-corrected chi connectivity index (χ1v) is 16.0. The van der Waals surface area contributed by atoms with Crippen LogP contribution < -0.4 is 5.32 Å². The van der Waals surface area contributed by atoms with Crippen molar-refractivity contribution < 1.29 is 27.3 Å². The summed E-state index contributed by atoms with van der Waals surface area (Å²) in [5, 5.41) is 13.9. The maximum absolute atomic E-state index is 14.5. The van der Waals surface area contributed by atoms with Gasteiger partial charge >= 0.3 is 6.09 Å². The third-order valence-corrected chi connectivity index (χ3v) is 10.2. The van der Waals surface area contributed by atoms with Gasteiger partial charge in [-0.15, -0.1) is 23.1 Å². The Morgan fingerprint density at radius 2 is 2.05 bits per heavy atom. The summed E-state index contributed by atoms with van der Waals surface area (Å²) < 4.78 is 49.6. The summed E-state index contributed by atoms with van der Waals surface area (Å²) >= 11 is 5.75. The van der Waals surface area contributed by atoms with Crippen molar-refractivity contribution in [2.75, 3.05) is 6.26 Å². The Morgan fingerprint density at radius 3 is 2.71 bits per heavy atom. The molecule has 0 aliphatic rings. The highest BCUT2D eigenvalue weighted by Gasteiger charge is 2.26. The molecular weight excluding hydrogens is 661 g/mol. The maximum Gasteiger partial charge on any atom is 0.412 e. The lowest BCUT2D eigenvalue weighted by molar-refractivity contribution is -0.385. The number of benzene rings is 2. The zero-order chi connectivity index (χ0) is 30.1. The smallest absolute Gasteiger partial charge is 0.412 e. The van der Waals surface area contributed by atoms with E-state index >= 15 is 0 Å². The molecule has 11 nitrogen and oxygen atoms in total. The van der Waals surface area contributed by atoms with Gasteiger partial charge in [0.25, 0.3) is 5.69 Å². The van der Waals surface area contributed by atoms with E-state index in [-0.39, 0.29) is 27.6 Å². The number of fused-ring (bicyclic) bond motifs is 1. The molecule has 0 radical (unpaired) electrons. The summed E-state index contributed by atoms with van der Waals surface area (Å²) in [5.41, 5.74) is -0.0928. The van der Waals surface area contributed by atoms with Gasteiger partial charge in [-0.25, -0.2) is 27.6 Å². The minimum Gasteiger partial charge on any atom is -0.444 e. The van der Waals surface area contributed by atoms with Crippen LogP contribution in [0.15, 0.2) is 66.2 Å². The average molecular weight is 685 g/mol. The number of thiophene rings is 1. The molecule has 4 rings (SSSR count). The van der Waals surface area contributed by atoms with Gasteiger partial charge in [0.1, 0.15) is 21.9 Å². The van der Waals surface area contributed by atoms with Gasteiger partial charge in [0.15, 0.2) is 0 Å². The summed E-state index contributed by atoms with van der Waals surface area (Å²) in [6.45, 7) is 5.05. The fraction of sp³-hybridized carbons (Fsp3) is 0.240. The molecular formula is C25H23BrFN5O6S3. The topological polar surface area (TPSA) is 146 Å². The Balaban J connectivity index is 1.68. The highest BCUT2D eigenvalue weighted by atomic mass is 79.9. The summed E-state index contributed by atoms with van der Waals surface area (Å²) in [6.07, 6.45) is 3.58. The van der Waals surface area contributed by atoms with Crippen LogP contribution >= 0.6 is 39.0 Å². The highest BCUT2D eigenvalue weighted by Crippen LogP contribution is 2.41. The number of nitro groups is 1. The number of ether oxygens (including phenoxy) is 1. The molecule has 0 aliphatic carbocycles. The first-order valence-electron chi connectivity index (χ1n) is 11.7. The number of carbonyl (C=O) groups is 1. The average Bonchev–Trinajstić information content (AvgIpc) is 3.49. The fourth-order valence-electron chi connectivity index (χ4n) is 3.68. The molecule has 41 heavy (non-hydrogen) atoms. The number of halogens is 2. The molecule has 1 amide bonds.